The van der Waals surface area contributed by atoms with E-state index in [1.165, 1.54) is 12.2 Å². The molecule has 0 heterocycles. The van der Waals surface area contributed by atoms with Crippen LogP contribution in [0, 0.1) is 0 Å². The molecule has 0 spiro atoms. The summed E-state index contributed by atoms with van der Waals surface area (Å²) in [6.45, 7) is 3.53. The highest BCUT2D eigenvalue weighted by molar-refractivity contribution is 5.92. The average molecular weight is 152 g/mol. The molecule has 0 radical (unpaired) electrons. The maximum atomic E-state index is 10.6. The van der Waals surface area contributed by atoms with Gasteiger partial charge in [0.1, 0.15) is 0 Å². The van der Waals surface area contributed by atoms with Crippen molar-refractivity contribution in [2.75, 3.05) is 0 Å². The fraction of sp³-hybridized carbons (Fsp3) is 0.444. The first-order valence-electron chi connectivity index (χ1n) is 3.68. The standard InChI is InChI=1S/C9H12O2/c1-3-8(10)6-5-7-9(11)4-2/h6-7H,3-4H2,1-2H3. The number of hydrogen-bond acceptors (Lipinski definition) is 2. The molecule has 0 saturated heterocycles. The lowest BCUT2D eigenvalue weighted by molar-refractivity contribution is -0.114. The second-order valence-corrected chi connectivity index (χ2v) is 2.10. The predicted molar refractivity (Wildman–Crippen MR) is 43.2 cm³/mol. The van der Waals surface area contributed by atoms with Crippen LogP contribution in [-0.4, -0.2) is 11.6 Å². The smallest absolute Gasteiger partial charge is 0.163 e. The molecule has 0 aliphatic heterocycles. The highest BCUT2D eigenvalue weighted by Crippen LogP contribution is 1.83. The minimum atomic E-state index is -0.00912. The van der Waals surface area contributed by atoms with E-state index >= 15 is 0 Å². The van der Waals surface area contributed by atoms with Crippen LogP contribution in [0.25, 0.3) is 0 Å². The van der Waals surface area contributed by atoms with Gasteiger partial charge in [0, 0.05) is 25.0 Å². The van der Waals surface area contributed by atoms with Crippen molar-refractivity contribution in [1.29, 1.82) is 0 Å². The van der Waals surface area contributed by atoms with Gasteiger partial charge in [-0.15, -0.1) is 5.73 Å². The Morgan fingerprint density at radius 3 is 1.73 bits per heavy atom. The van der Waals surface area contributed by atoms with Crippen molar-refractivity contribution in [3.05, 3.63) is 17.9 Å². The van der Waals surface area contributed by atoms with Crippen LogP contribution in [0.4, 0.5) is 0 Å². The first kappa shape index (κ1) is 9.86. The van der Waals surface area contributed by atoms with Crippen molar-refractivity contribution < 1.29 is 9.59 Å². The monoisotopic (exact) mass is 152 g/mol. The van der Waals surface area contributed by atoms with Gasteiger partial charge < -0.3 is 0 Å². The van der Waals surface area contributed by atoms with Gasteiger partial charge in [0.25, 0.3) is 0 Å². The van der Waals surface area contributed by atoms with E-state index in [0.29, 0.717) is 12.8 Å². The van der Waals surface area contributed by atoms with Crippen molar-refractivity contribution in [2.45, 2.75) is 26.7 Å². The Morgan fingerprint density at radius 1 is 1.09 bits per heavy atom. The summed E-state index contributed by atoms with van der Waals surface area (Å²) in [6.07, 6.45) is 3.52. The summed E-state index contributed by atoms with van der Waals surface area (Å²) in [4.78, 5) is 21.3. The summed E-state index contributed by atoms with van der Waals surface area (Å²) in [6, 6.07) is 0. The quantitative estimate of drug-likeness (QED) is 0.453. The SMILES string of the molecule is CCC(=O)C=C=CC(=O)CC. The molecule has 0 saturated carbocycles. The van der Waals surface area contributed by atoms with E-state index in [1.54, 1.807) is 13.8 Å². The van der Waals surface area contributed by atoms with Crippen LogP contribution < -0.4 is 0 Å². The van der Waals surface area contributed by atoms with Crippen molar-refractivity contribution in [3.8, 4) is 0 Å². The Hall–Kier alpha value is -1.14. The van der Waals surface area contributed by atoms with E-state index in [4.69, 9.17) is 0 Å². The Kier molecular flexibility index (Phi) is 5.05. The number of hydrogen-bond donors (Lipinski definition) is 0. The third-order valence-corrected chi connectivity index (χ3v) is 1.19. The van der Waals surface area contributed by atoms with Gasteiger partial charge in [0.15, 0.2) is 11.6 Å². The van der Waals surface area contributed by atoms with Crippen molar-refractivity contribution >= 4 is 11.6 Å². The summed E-state index contributed by atoms with van der Waals surface area (Å²) in [7, 11) is 0. The van der Waals surface area contributed by atoms with Crippen LogP contribution in [0.1, 0.15) is 26.7 Å². The molecule has 0 aromatic heterocycles. The summed E-state index contributed by atoms with van der Waals surface area (Å²) < 4.78 is 0. The molecule has 0 bridgehead atoms. The zero-order valence-electron chi connectivity index (χ0n) is 6.89. The first-order chi connectivity index (χ1) is 5.20. The zero-order chi connectivity index (χ0) is 8.69. The molecule has 60 valence electrons. The lowest BCUT2D eigenvalue weighted by Crippen LogP contribution is -1.87. The number of ketones is 2. The van der Waals surface area contributed by atoms with E-state index in [-0.39, 0.29) is 11.6 Å². The van der Waals surface area contributed by atoms with Gasteiger partial charge in [-0.05, 0) is 0 Å². The molecule has 2 heteroatoms. The van der Waals surface area contributed by atoms with Crippen LogP contribution in [0.2, 0.25) is 0 Å². The minimum Gasteiger partial charge on any atom is -0.294 e. The second-order valence-electron chi connectivity index (χ2n) is 2.10. The molecular formula is C9H12O2. The van der Waals surface area contributed by atoms with Crippen LogP contribution >= 0.6 is 0 Å². The highest BCUT2D eigenvalue weighted by Gasteiger charge is 1.88. The van der Waals surface area contributed by atoms with Gasteiger partial charge in [0.2, 0.25) is 0 Å². The first-order valence-corrected chi connectivity index (χ1v) is 3.68. The lowest BCUT2D eigenvalue weighted by Gasteiger charge is -1.80. The van der Waals surface area contributed by atoms with Gasteiger partial charge in [-0.1, -0.05) is 13.8 Å². The highest BCUT2D eigenvalue weighted by atomic mass is 16.1. The average Bonchev–Trinajstić information content (AvgIpc) is 2.04. The molecule has 0 unspecified atom stereocenters. The zero-order valence-corrected chi connectivity index (χ0v) is 6.89. The molecule has 0 aromatic carbocycles. The maximum Gasteiger partial charge on any atom is 0.163 e. The minimum absolute atomic E-state index is 0.00912. The van der Waals surface area contributed by atoms with Crippen LogP contribution in [0.15, 0.2) is 17.9 Å². The third-order valence-electron chi connectivity index (χ3n) is 1.19. The summed E-state index contributed by atoms with van der Waals surface area (Å²) in [5.41, 5.74) is 2.54. The lowest BCUT2D eigenvalue weighted by atomic mass is 10.3. The third kappa shape index (κ3) is 5.31. The summed E-state index contributed by atoms with van der Waals surface area (Å²) in [5.74, 6) is -0.0182. The maximum absolute atomic E-state index is 10.6. The Bertz CT molecular complexity index is 188. The van der Waals surface area contributed by atoms with E-state index in [0.717, 1.165) is 0 Å². The fourth-order valence-electron chi connectivity index (χ4n) is 0.432. The molecule has 0 aliphatic rings. The van der Waals surface area contributed by atoms with Crippen molar-refractivity contribution in [2.24, 2.45) is 0 Å². The Balaban J connectivity index is 4.00. The molecule has 0 aliphatic carbocycles. The van der Waals surface area contributed by atoms with Gasteiger partial charge >= 0.3 is 0 Å². The molecule has 2 nitrogen and oxygen atoms in total. The molecule has 0 N–H and O–H groups in total. The number of rotatable bonds is 4. The van der Waals surface area contributed by atoms with Crippen LogP contribution in [0.5, 0.6) is 0 Å². The molecule has 0 atom stereocenters. The number of allylic oxidation sites excluding steroid dienone is 1. The Labute approximate surface area is 66.6 Å². The number of carbonyl (C=O) groups excluding carboxylic acids is 2. The second kappa shape index (κ2) is 5.63. The van der Waals surface area contributed by atoms with Crippen LogP contribution in [0.3, 0.4) is 0 Å². The molecule has 0 amide bonds. The topological polar surface area (TPSA) is 34.1 Å². The number of carbonyl (C=O) groups is 2. The molecule has 11 heavy (non-hydrogen) atoms. The van der Waals surface area contributed by atoms with E-state index < -0.39 is 0 Å². The fourth-order valence-corrected chi connectivity index (χ4v) is 0.432. The van der Waals surface area contributed by atoms with Gasteiger partial charge in [-0.25, -0.2) is 0 Å². The van der Waals surface area contributed by atoms with Gasteiger partial charge in [-0.3, -0.25) is 9.59 Å². The van der Waals surface area contributed by atoms with Crippen molar-refractivity contribution in [3.63, 3.8) is 0 Å². The van der Waals surface area contributed by atoms with Gasteiger partial charge in [0.05, 0.1) is 0 Å². The normalized spacial score (nSPS) is 8.18. The summed E-state index contributed by atoms with van der Waals surface area (Å²) >= 11 is 0. The van der Waals surface area contributed by atoms with E-state index in [9.17, 15) is 9.59 Å². The van der Waals surface area contributed by atoms with Crippen LogP contribution in [-0.2, 0) is 9.59 Å². The summed E-state index contributed by atoms with van der Waals surface area (Å²) in [5, 5.41) is 0. The molecule has 0 aromatic rings. The van der Waals surface area contributed by atoms with E-state index in [1.807, 2.05) is 0 Å². The Morgan fingerprint density at radius 2 is 1.45 bits per heavy atom. The molecule has 0 fully saturated rings. The van der Waals surface area contributed by atoms with E-state index in [2.05, 4.69) is 5.73 Å². The molecular weight excluding hydrogens is 140 g/mol. The van der Waals surface area contributed by atoms with Crippen molar-refractivity contribution in [1.82, 2.24) is 0 Å². The molecule has 0 rings (SSSR count). The van der Waals surface area contributed by atoms with Gasteiger partial charge in [-0.2, -0.15) is 0 Å². The largest absolute Gasteiger partial charge is 0.294 e. The predicted octanol–water partition coefficient (Wildman–Crippen LogP) is 1.66.